The smallest absolute Gasteiger partial charge is 0.147 e. The van der Waals surface area contributed by atoms with E-state index in [9.17, 15) is 8.42 Å². The summed E-state index contributed by atoms with van der Waals surface area (Å²) in [7, 11) is -2.86. The summed E-state index contributed by atoms with van der Waals surface area (Å²) < 4.78 is 22.8. The van der Waals surface area contributed by atoms with Crippen LogP contribution in [0.1, 0.15) is 53.4 Å². The topological polar surface area (TPSA) is 46.2 Å². The average molecular weight is 289 g/mol. The molecule has 0 bridgehead atoms. The fraction of sp³-hybridized carbons (Fsp3) is 1.00. The third-order valence-corrected chi connectivity index (χ3v) is 5.65. The highest BCUT2D eigenvalue weighted by Crippen LogP contribution is 2.42. The summed E-state index contributed by atoms with van der Waals surface area (Å²) in [4.78, 5) is 0. The van der Waals surface area contributed by atoms with Crippen LogP contribution in [0, 0.1) is 17.3 Å². The minimum absolute atomic E-state index is 0.0933. The van der Waals surface area contributed by atoms with Crippen molar-refractivity contribution in [1.82, 2.24) is 5.32 Å². The van der Waals surface area contributed by atoms with Crippen LogP contribution >= 0.6 is 0 Å². The zero-order valence-corrected chi connectivity index (χ0v) is 14.0. The molecule has 0 aromatic heterocycles. The second-order valence-electron chi connectivity index (χ2n) is 7.06. The molecule has 4 heteroatoms. The van der Waals surface area contributed by atoms with E-state index in [1.54, 1.807) is 0 Å². The zero-order chi connectivity index (χ0) is 14.7. The molecule has 1 aliphatic carbocycles. The van der Waals surface area contributed by atoms with Gasteiger partial charge in [0.2, 0.25) is 0 Å². The standard InChI is InChI=1S/C15H31NO2S/c1-6-16-14-11-12(2)7-8-13(14)15(3,4)9-10-19(5,17)18/h12-14,16H,6-11H2,1-5H3. The Morgan fingerprint density at radius 3 is 2.42 bits per heavy atom. The van der Waals surface area contributed by atoms with Crippen LogP contribution in [0.4, 0.5) is 0 Å². The predicted octanol–water partition coefficient (Wildman–Crippen LogP) is 2.86. The Morgan fingerprint density at radius 1 is 1.26 bits per heavy atom. The molecular formula is C15H31NO2S. The fourth-order valence-corrected chi connectivity index (χ4v) is 4.33. The first-order chi connectivity index (χ1) is 8.65. The highest BCUT2D eigenvalue weighted by atomic mass is 32.2. The number of sulfone groups is 1. The van der Waals surface area contributed by atoms with Crippen LogP contribution in [-0.4, -0.2) is 33.0 Å². The van der Waals surface area contributed by atoms with Crippen molar-refractivity contribution in [2.45, 2.75) is 59.4 Å². The molecule has 0 aromatic rings. The fourth-order valence-electron chi connectivity index (χ4n) is 3.44. The van der Waals surface area contributed by atoms with Crippen LogP contribution in [0.25, 0.3) is 0 Å². The SMILES string of the molecule is CCNC1CC(C)CCC1C(C)(C)CCS(C)(=O)=O. The van der Waals surface area contributed by atoms with Gasteiger partial charge in [-0.25, -0.2) is 8.42 Å². The molecule has 0 spiro atoms. The number of rotatable bonds is 6. The molecule has 0 aromatic carbocycles. The van der Waals surface area contributed by atoms with E-state index in [0.29, 0.717) is 17.7 Å². The first-order valence-corrected chi connectivity index (χ1v) is 9.63. The van der Waals surface area contributed by atoms with Gasteiger partial charge in [0.1, 0.15) is 9.84 Å². The Balaban J connectivity index is 2.72. The Labute approximate surface area is 119 Å². The lowest BCUT2D eigenvalue weighted by Crippen LogP contribution is -2.47. The van der Waals surface area contributed by atoms with Crippen LogP contribution in [0.3, 0.4) is 0 Å². The molecule has 1 aliphatic rings. The van der Waals surface area contributed by atoms with Gasteiger partial charge in [-0.15, -0.1) is 0 Å². The third kappa shape index (κ3) is 5.42. The maximum Gasteiger partial charge on any atom is 0.147 e. The second-order valence-corrected chi connectivity index (χ2v) is 9.32. The molecule has 0 radical (unpaired) electrons. The Kier molecular flexibility index (Phi) is 5.87. The summed E-state index contributed by atoms with van der Waals surface area (Å²) in [6.45, 7) is 9.95. The molecule has 19 heavy (non-hydrogen) atoms. The van der Waals surface area contributed by atoms with Crippen molar-refractivity contribution in [3.05, 3.63) is 0 Å². The van der Waals surface area contributed by atoms with E-state index in [-0.39, 0.29) is 5.41 Å². The number of hydrogen-bond donors (Lipinski definition) is 1. The van der Waals surface area contributed by atoms with Crippen LogP contribution < -0.4 is 5.32 Å². The second kappa shape index (κ2) is 6.57. The monoisotopic (exact) mass is 289 g/mol. The Bertz CT molecular complexity index is 376. The zero-order valence-electron chi connectivity index (χ0n) is 13.2. The molecule has 0 aliphatic heterocycles. The van der Waals surface area contributed by atoms with Crippen molar-refractivity contribution < 1.29 is 8.42 Å². The van der Waals surface area contributed by atoms with Crippen LogP contribution in [0.2, 0.25) is 0 Å². The molecule has 0 saturated heterocycles. The molecule has 3 atom stereocenters. The van der Waals surface area contributed by atoms with E-state index in [0.717, 1.165) is 18.9 Å². The first-order valence-electron chi connectivity index (χ1n) is 7.57. The summed E-state index contributed by atoms with van der Waals surface area (Å²) >= 11 is 0. The minimum Gasteiger partial charge on any atom is -0.314 e. The van der Waals surface area contributed by atoms with E-state index in [2.05, 4.69) is 33.0 Å². The molecular weight excluding hydrogens is 258 g/mol. The van der Waals surface area contributed by atoms with Gasteiger partial charge >= 0.3 is 0 Å². The highest BCUT2D eigenvalue weighted by molar-refractivity contribution is 7.90. The molecule has 3 nitrogen and oxygen atoms in total. The lowest BCUT2D eigenvalue weighted by atomic mass is 9.65. The first kappa shape index (κ1) is 17.0. The molecule has 1 saturated carbocycles. The average Bonchev–Trinajstić information content (AvgIpc) is 2.26. The van der Waals surface area contributed by atoms with Gasteiger partial charge in [0, 0.05) is 12.3 Å². The van der Waals surface area contributed by atoms with Crippen LogP contribution in [-0.2, 0) is 9.84 Å². The van der Waals surface area contributed by atoms with E-state index in [4.69, 9.17) is 0 Å². The van der Waals surface area contributed by atoms with Crippen molar-refractivity contribution >= 4 is 9.84 Å². The van der Waals surface area contributed by atoms with Gasteiger partial charge in [0.15, 0.2) is 0 Å². The molecule has 1 rings (SSSR count). The summed E-state index contributed by atoms with van der Waals surface area (Å²) in [5, 5.41) is 3.62. The molecule has 0 amide bonds. The number of nitrogens with one attached hydrogen (secondary N) is 1. The largest absolute Gasteiger partial charge is 0.314 e. The van der Waals surface area contributed by atoms with E-state index >= 15 is 0 Å². The highest BCUT2D eigenvalue weighted by Gasteiger charge is 2.38. The number of hydrogen-bond acceptors (Lipinski definition) is 3. The molecule has 1 N–H and O–H groups in total. The van der Waals surface area contributed by atoms with E-state index < -0.39 is 9.84 Å². The minimum atomic E-state index is -2.86. The van der Waals surface area contributed by atoms with Gasteiger partial charge in [-0.2, -0.15) is 0 Å². The van der Waals surface area contributed by atoms with E-state index in [1.807, 2.05) is 0 Å². The van der Waals surface area contributed by atoms with Crippen molar-refractivity contribution in [3.63, 3.8) is 0 Å². The van der Waals surface area contributed by atoms with Crippen LogP contribution in [0.15, 0.2) is 0 Å². The maximum atomic E-state index is 11.4. The van der Waals surface area contributed by atoms with Gasteiger partial charge in [0.05, 0.1) is 5.75 Å². The predicted molar refractivity (Wildman–Crippen MR) is 82.1 cm³/mol. The molecule has 114 valence electrons. The lowest BCUT2D eigenvalue weighted by Gasteiger charge is -2.44. The summed E-state index contributed by atoms with van der Waals surface area (Å²) in [6.07, 6.45) is 5.83. The van der Waals surface area contributed by atoms with Crippen molar-refractivity contribution in [3.8, 4) is 0 Å². The van der Waals surface area contributed by atoms with Gasteiger partial charge < -0.3 is 5.32 Å². The Hall–Kier alpha value is -0.0900. The maximum absolute atomic E-state index is 11.4. The molecule has 1 fully saturated rings. The van der Waals surface area contributed by atoms with Crippen molar-refractivity contribution in [2.75, 3.05) is 18.6 Å². The molecule has 3 unspecified atom stereocenters. The molecule has 0 heterocycles. The van der Waals surface area contributed by atoms with Crippen LogP contribution in [0.5, 0.6) is 0 Å². The van der Waals surface area contributed by atoms with Gasteiger partial charge in [0.25, 0.3) is 0 Å². The third-order valence-electron chi connectivity index (χ3n) is 4.70. The summed E-state index contributed by atoms with van der Waals surface area (Å²) in [6, 6.07) is 0.545. The quantitative estimate of drug-likeness (QED) is 0.818. The summed E-state index contributed by atoms with van der Waals surface area (Å²) in [5.41, 5.74) is 0.0933. The Morgan fingerprint density at radius 2 is 1.89 bits per heavy atom. The summed E-state index contributed by atoms with van der Waals surface area (Å²) in [5.74, 6) is 1.68. The van der Waals surface area contributed by atoms with E-state index in [1.165, 1.54) is 25.5 Å². The van der Waals surface area contributed by atoms with Gasteiger partial charge in [-0.05, 0) is 43.1 Å². The van der Waals surface area contributed by atoms with Gasteiger partial charge in [-0.1, -0.05) is 34.1 Å². The van der Waals surface area contributed by atoms with Crippen molar-refractivity contribution in [1.29, 1.82) is 0 Å². The normalized spacial score (nSPS) is 29.4. The van der Waals surface area contributed by atoms with Crippen molar-refractivity contribution in [2.24, 2.45) is 17.3 Å². The lowest BCUT2D eigenvalue weighted by molar-refractivity contribution is 0.0922. The van der Waals surface area contributed by atoms with Gasteiger partial charge in [-0.3, -0.25) is 0 Å².